The Morgan fingerprint density at radius 2 is 2.11 bits per heavy atom. The molecule has 0 spiro atoms. The molecule has 0 radical (unpaired) electrons. The minimum atomic E-state index is 0.268. The van der Waals surface area contributed by atoms with Gasteiger partial charge < -0.3 is 9.64 Å². The molecule has 0 bridgehead atoms. The van der Waals surface area contributed by atoms with E-state index in [0.29, 0.717) is 11.9 Å². The topological polar surface area (TPSA) is 29.5 Å². The summed E-state index contributed by atoms with van der Waals surface area (Å²) in [5.74, 6) is 1.48. The molecule has 3 nitrogen and oxygen atoms in total. The highest BCUT2D eigenvalue weighted by atomic mass is 16.5. The first-order chi connectivity index (χ1) is 8.72. The van der Waals surface area contributed by atoms with E-state index < -0.39 is 0 Å². The number of ether oxygens (including phenoxy) is 1. The Morgan fingerprint density at radius 3 is 2.78 bits per heavy atom. The number of hydrogen-bond donors (Lipinski definition) is 0. The number of amides is 1. The van der Waals surface area contributed by atoms with E-state index in [0.717, 1.165) is 37.1 Å². The summed E-state index contributed by atoms with van der Waals surface area (Å²) in [6.45, 7) is 2.14. The van der Waals surface area contributed by atoms with Gasteiger partial charge in [0.1, 0.15) is 5.75 Å². The van der Waals surface area contributed by atoms with Crippen LogP contribution >= 0.6 is 0 Å². The van der Waals surface area contributed by atoms with Gasteiger partial charge >= 0.3 is 0 Å². The van der Waals surface area contributed by atoms with Crippen molar-refractivity contribution in [3.05, 3.63) is 23.8 Å². The molecule has 1 aliphatic heterocycles. The summed E-state index contributed by atoms with van der Waals surface area (Å²) in [7, 11) is 1.70. The van der Waals surface area contributed by atoms with E-state index in [1.54, 1.807) is 7.11 Å². The zero-order valence-electron chi connectivity index (χ0n) is 11.0. The molecule has 1 unspecified atom stereocenters. The summed E-state index contributed by atoms with van der Waals surface area (Å²) in [4.78, 5) is 14.4. The number of nitrogens with zero attached hydrogens (tertiary/aromatic N) is 1. The van der Waals surface area contributed by atoms with E-state index in [-0.39, 0.29) is 5.92 Å². The first-order valence-corrected chi connectivity index (χ1v) is 6.71. The molecular formula is C15H19NO2. The molecule has 2 aliphatic rings. The number of fused-ring (bicyclic) bond motifs is 1. The monoisotopic (exact) mass is 245 g/mol. The van der Waals surface area contributed by atoms with E-state index >= 15 is 0 Å². The van der Waals surface area contributed by atoms with Crippen LogP contribution in [0.5, 0.6) is 5.75 Å². The van der Waals surface area contributed by atoms with Crippen LogP contribution in [0.4, 0.5) is 5.69 Å². The fourth-order valence-corrected chi connectivity index (χ4v) is 2.80. The van der Waals surface area contributed by atoms with Gasteiger partial charge in [0.25, 0.3) is 0 Å². The number of carbonyl (C=O) groups is 1. The molecule has 1 atom stereocenters. The quantitative estimate of drug-likeness (QED) is 0.802. The second-order valence-corrected chi connectivity index (χ2v) is 5.33. The average Bonchev–Trinajstić information content (AvgIpc) is 3.21. The van der Waals surface area contributed by atoms with Crippen LogP contribution < -0.4 is 9.64 Å². The van der Waals surface area contributed by atoms with Crippen molar-refractivity contribution in [1.82, 2.24) is 0 Å². The smallest absolute Gasteiger partial charge is 0.230 e. The maximum atomic E-state index is 12.4. The van der Waals surface area contributed by atoms with Crippen molar-refractivity contribution < 1.29 is 9.53 Å². The van der Waals surface area contributed by atoms with Crippen molar-refractivity contribution in [2.45, 2.75) is 38.6 Å². The number of anilines is 1. The van der Waals surface area contributed by atoms with Crippen LogP contribution in [-0.4, -0.2) is 19.1 Å². The molecule has 1 aromatic carbocycles. The molecule has 0 saturated heterocycles. The van der Waals surface area contributed by atoms with Crippen LogP contribution in [-0.2, 0) is 11.2 Å². The molecule has 3 rings (SSSR count). The Bertz CT molecular complexity index is 479. The third-order valence-electron chi connectivity index (χ3n) is 4.00. The van der Waals surface area contributed by atoms with Crippen molar-refractivity contribution in [2.24, 2.45) is 5.92 Å². The number of hydrogen-bond acceptors (Lipinski definition) is 2. The summed E-state index contributed by atoms with van der Waals surface area (Å²) in [6.07, 6.45) is 4.13. The molecule has 1 aliphatic carbocycles. The molecule has 0 N–H and O–H groups in total. The van der Waals surface area contributed by atoms with Crippen LogP contribution in [0.15, 0.2) is 18.2 Å². The van der Waals surface area contributed by atoms with Crippen LogP contribution in [0, 0.1) is 5.92 Å². The van der Waals surface area contributed by atoms with E-state index in [9.17, 15) is 4.79 Å². The van der Waals surface area contributed by atoms with Crippen LogP contribution in [0.1, 0.15) is 31.7 Å². The summed E-state index contributed by atoms with van der Waals surface area (Å²) < 4.78 is 5.41. The summed E-state index contributed by atoms with van der Waals surface area (Å²) in [5.41, 5.74) is 2.25. The van der Waals surface area contributed by atoms with Crippen molar-refractivity contribution in [2.75, 3.05) is 12.0 Å². The molecule has 1 amide bonds. The lowest BCUT2D eigenvalue weighted by Gasteiger charge is -2.36. The normalized spacial score (nSPS) is 22.6. The van der Waals surface area contributed by atoms with Crippen molar-refractivity contribution in [3.8, 4) is 5.75 Å². The minimum Gasteiger partial charge on any atom is -0.496 e. The van der Waals surface area contributed by atoms with Gasteiger partial charge in [-0.1, -0.05) is 6.07 Å². The second-order valence-electron chi connectivity index (χ2n) is 5.33. The summed E-state index contributed by atoms with van der Waals surface area (Å²) in [6, 6.07) is 6.31. The molecule has 96 valence electrons. The van der Waals surface area contributed by atoms with Crippen molar-refractivity contribution in [1.29, 1.82) is 0 Å². The number of benzene rings is 1. The van der Waals surface area contributed by atoms with Gasteiger partial charge in [-0.25, -0.2) is 0 Å². The molecule has 1 aromatic rings. The molecule has 18 heavy (non-hydrogen) atoms. The lowest BCUT2D eigenvalue weighted by Crippen LogP contribution is -2.43. The Hall–Kier alpha value is -1.51. The van der Waals surface area contributed by atoms with E-state index in [1.807, 2.05) is 23.1 Å². The van der Waals surface area contributed by atoms with Gasteiger partial charge in [0.2, 0.25) is 5.91 Å². The Labute approximate surface area is 108 Å². The third-order valence-corrected chi connectivity index (χ3v) is 4.00. The standard InChI is InChI=1S/C15H19NO2/c1-10-6-9-12-13(4-3-5-14(12)18-2)16(10)15(17)11-7-8-11/h3-5,10-11H,6-9H2,1-2H3. The first-order valence-electron chi connectivity index (χ1n) is 6.71. The highest BCUT2D eigenvalue weighted by molar-refractivity contribution is 5.98. The predicted molar refractivity (Wildman–Crippen MR) is 71.0 cm³/mol. The number of carbonyl (C=O) groups excluding carboxylic acids is 1. The average molecular weight is 245 g/mol. The van der Waals surface area contributed by atoms with E-state index in [2.05, 4.69) is 6.92 Å². The Morgan fingerprint density at radius 1 is 1.33 bits per heavy atom. The van der Waals surface area contributed by atoms with Crippen LogP contribution in [0.2, 0.25) is 0 Å². The zero-order valence-corrected chi connectivity index (χ0v) is 11.0. The lowest BCUT2D eigenvalue weighted by atomic mass is 9.95. The maximum absolute atomic E-state index is 12.4. The summed E-state index contributed by atoms with van der Waals surface area (Å²) >= 11 is 0. The SMILES string of the molecule is COc1cccc2c1CCC(C)N2C(=O)C1CC1. The van der Waals surface area contributed by atoms with Gasteiger partial charge in [-0.3, -0.25) is 4.79 Å². The molecule has 3 heteroatoms. The summed E-state index contributed by atoms with van der Waals surface area (Å²) in [5, 5.41) is 0. The van der Waals surface area contributed by atoms with Crippen LogP contribution in [0.25, 0.3) is 0 Å². The van der Waals surface area contributed by atoms with Gasteiger partial charge in [-0.15, -0.1) is 0 Å². The lowest BCUT2D eigenvalue weighted by molar-refractivity contribution is -0.120. The molecule has 1 heterocycles. The predicted octanol–water partition coefficient (Wildman–Crippen LogP) is 2.77. The largest absolute Gasteiger partial charge is 0.496 e. The van der Waals surface area contributed by atoms with Gasteiger partial charge in [-0.05, 0) is 44.7 Å². The Balaban J connectivity index is 2.03. The van der Waals surface area contributed by atoms with E-state index in [1.165, 1.54) is 5.56 Å². The van der Waals surface area contributed by atoms with E-state index in [4.69, 9.17) is 4.74 Å². The molecule has 1 saturated carbocycles. The minimum absolute atomic E-state index is 0.268. The Kier molecular flexibility index (Phi) is 2.77. The molecule has 1 fully saturated rings. The van der Waals surface area contributed by atoms with Gasteiger partial charge in [0.15, 0.2) is 0 Å². The fourth-order valence-electron chi connectivity index (χ4n) is 2.80. The second kappa shape index (κ2) is 4.30. The van der Waals surface area contributed by atoms with Gasteiger partial charge in [0, 0.05) is 17.5 Å². The molecular weight excluding hydrogens is 226 g/mol. The highest BCUT2D eigenvalue weighted by Gasteiger charge is 2.38. The van der Waals surface area contributed by atoms with Crippen molar-refractivity contribution in [3.63, 3.8) is 0 Å². The van der Waals surface area contributed by atoms with Crippen molar-refractivity contribution >= 4 is 11.6 Å². The fraction of sp³-hybridized carbons (Fsp3) is 0.533. The third kappa shape index (κ3) is 1.78. The highest BCUT2D eigenvalue weighted by Crippen LogP contribution is 2.40. The zero-order chi connectivity index (χ0) is 12.7. The van der Waals surface area contributed by atoms with Gasteiger partial charge in [-0.2, -0.15) is 0 Å². The maximum Gasteiger partial charge on any atom is 0.230 e. The number of methoxy groups -OCH3 is 1. The first kappa shape index (κ1) is 11.6. The molecule has 0 aromatic heterocycles. The number of rotatable bonds is 2. The van der Waals surface area contributed by atoms with Crippen LogP contribution in [0.3, 0.4) is 0 Å². The van der Waals surface area contributed by atoms with Gasteiger partial charge in [0.05, 0.1) is 12.8 Å².